The molecule has 0 unspecified atom stereocenters. The largest absolute Gasteiger partial charge is 0.493 e. The van der Waals surface area contributed by atoms with Crippen molar-refractivity contribution >= 4 is 52.4 Å². The van der Waals surface area contributed by atoms with Gasteiger partial charge >= 0.3 is 11.9 Å². The van der Waals surface area contributed by atoms with Gasteiger partial charge in [0, 0.05) is 45.7 Å². The number of rotatable bonds is 42. The van der Waals surface area contributed by atoms with Crippen LogP contribution in [0.2, 0.25) is 0 Å². The Morgan fingerprint density at radius 1 is 0.370 bits per heavy atom. The number of esters is 2. The maximum atomic E-state index is 12.6. The zero-order valence-corrected chi connectivity index (χ0v) is 91.9. The van der Waals surface area contributed by atoms with Gasteiger partial charge in [0.15, 0.2) is 40.5 Å². The zero-order chi connectivity index (χ0) is 109. The summed E-state index contributed by atoms with van der Waals surface area (Å²) in [6.45, 7) is 65.8. The molecule has 0 bridgehead atoms. The van der Waals surface area contributed by atoms with Crippen LogP contribution in [0.3, 0.4) is 0 Å². The molecule has 0 heterocycles. The molecule has 0 amide bonds. The molecule has 796 valence electrons. The molecule has 0 saturated heterocycles. The number of ketones is 7. The summed E-state index contributed by atoms with van der Waals surface area (Å²) in [5.41, 5.74) is 30.8. The molecule has 10 atom stereocenters. The van der Waals surface area contributed by atoms with Crippen LogP contribution in [0, 0.1) is 80.0 Å². The Labute approximate surface area is 829 Å². The maximum absolute atomic E-state index is 12.6. The van der Waals surface area contributed by atoms with Crippen molar-refractivity contribution < 1.29 is 112 Å². The lowest BCUT2D eigenvalue weighted by Gasteiger charge is -2.39. The van der Waals surface area contributed by atoms with Crippen LogP contribution in [0.15, 0.2) is 72.8 Å². The molecule has 2 aliphatic rings. The molecule has 0 aliphatic heterocycles. The van der Waals surface area contributed by atoms with Crippen LogP contribution in [0.1, 0.15) is 326 Å². The highest BCUT2D eigenvalue weighted by atomic mass is 16.5. The van der Waals surface area contributed by atoms with Crippen molar-refractivity contribution in [1.82, 2.24) is 0 Å². The lowest BCUT2D eigenvalue weighted by Crippen LogP contribution is -2.53. The average molecular weight is 1960 g/mol. The second-order valence-corrected chi connectivity index (χ2v) is 47.6. The molecule has 138 heavy (non-hydrogen) atoms. The summed E-state index contributed by atoms with van der Waals surface area (Å²) >= 11 is 0. The van der Waals surface area contributed by atoms with Gasteiger partial charge in [-0.15, -0.1) is 0 Å². The Bertz CT molecular complexity index is 4170. The first-order chi connectivity index (χ1) is 61.7. The minimum Gasteiger partial charge on any atom is -0.493 e. The van der Waals surface area contributed by atoms with Crippen molar-refractivity contribution in [1.29, 1.82) is 0 Å². The number of benzene rings is 3. The molecule has 2 aliphatic carbocycles. The van der Waals surface area contributed by atoms with E-state index in [-0.39, 0.29) is 86.4 Å². The fourth-order valence-electron chi connectivity index (χ4n) is 15.2. The summed E-state index contributed by atoms with van der Waals surface area (Å²) in [4.78, 5) is 109. The normalized spacial score (nSPS) is 17.4. The number of Topliss-reactive ketones (excluding diaryl/α,β-unsaturated/α-hetero) is 7. The van der Waals surface area contributed by atoms with Crippen LogP contribution in [0.25, 0.3) is 0 Å². The summed E-state index contributed by atoms with van der Waals surface area (Å²) in [6.07, 6.45) is 9.68. The Balaban J connectivity index is 0. The van der Waals surface area contributed by atoms with E-state index in [0.717, 1.165) is 41.5 Å². The quantitative estimate of drug-likeness (QED) is 0.0234. The minimum absolute atomic E-state index is 0.109. The van der Waals surface area contributed by atoms with Crippen LogP contribution >= 0.6 is 0 Å². The molecule has 3 aromatic carbocycles. The summed E-state index contributed by atoms with van der Waals surface area (Å²) in [6, 6.07) is 22.8. The number of hydrogen-bond donors (Lipinski definition) is 14. The molecule has 0 aromatic heterocycles. The third-order valence-electron chi connectivity index (χ3n) is 24.2. The highest BCUT2D eigenvalue weighted by Crippen LogP contribution is 2.38. The van der Waals surface area contributed by atoms with Crippen molar-refractivity contribution in [3.63, 3.8) is 0 Å². The molecule has 21 N–H and O–H groups in total. The Morgan fingerprint density at radius 3 is 0.978 bits per heavy atom. The van der Waals surface area contributed by atoms with Gasteiger partial charge in [-0.1, -0.05) is 113 Å². The Morgan fingerprint density at radius 2 is 0.667 bits per heavy atom. The van der Waals surface area contributed by atoms with Crippen molar-refractivity contribution in [2.75, 3.05) is 46.2 Å². The van der Waals surface area contributed by atoms with Crippen LogP contribution in [0.4, 0.5) is 0 Å². The second kappa shape index (κ2) is 54.9. The van der Waals surface area contributed by atoms with Gasteiger partial charge < -0.3 is 109 Å². The maximum Gasteiger partial charge on any atom is 0.338 e. The summed E-state index contributed by atoms with van der Waals surface area (Å²) in [5, 5.41) is 69.1. The lowest BCUT2D eigenvalue weighted by molar-refractivity contribution is -0.150. The molecule has 30 nitrogen and oxygen atoms in total. The molecule has 0 radical (unpaired) electrons. The van der Waals surface area contributed by atoms with Gasteiger partial charge in [-0.3, -0.25) is 38.4 Å². The number of aliphatic hydroxyl groups is 7. The lowest BCUT2D eigenvalue weighted by atomic mass is 9.75. The van der Waals surface area contributed by atoms with Crippen LogP contribution in [-0.2, 0) is 73.4 Å². The second-order valence-electron chi connectivity index (χ2n) is 47.6. The third-order valence-corrected chi connectivity index (χ3v) is 24.2. The summed E-state index contributed by atoms with van der Waals surface area (Å²) < 4.78 is 39.1. The van der Waals surface area contributed by atoms with E-state index < -0.39 is 143 Å². The number of hydrogen-bond acceptors (Lipinski definition) is 30. The smallest absolute Gasteiger partial charge is 0.338 e. The molecule has 30 heteroatoms. The van der Waals surface area contributed by atoms with E-state index in [0.29, 0.717) is 42.3 Å². The monoisotopic (exact) mass is 1950 g/mol. The van der Waals surface area contributed by atoms with Gasteiger partial charge in [-0.2, -0.15) is 0 Å². The van der Waals surface area contributed by atoms with E-state index in [4.69, 9.17) is 73.3 Å². The molecule has 2 saturated carbocycles. The Kier molecular flexibility index (Phi) is 53.1. The van der Waals surface area contributed by atoms with E-state index in [9.17, 15) is 78.9 Å². The molecule has 3 aromatic rings. The predicted octanol–water partition coefficient (Wildman–Crippen LogP) is 13.0. The zero-order valence-electron chi connectivity index (χ0n) is 91.9. The fourth-order valence-corrected chi connectivity index (χ4v) is 15.2. The number of carbonyl (C=O) groups is 9. The van der Waals surface area contributed by atoms with Crippen molar-refractivity contribution in [2.24, 2.45) is 99.3 Å². The first-order valence-electron chi connectivity index (χ1n) is 48.6. The van der Waals surface area contributed by atoms with Gasteiger partial charge in [-0.25, -0.2) is 4.79 Å². The minimum atomic E-state index is -1.54. The van der Waals surface area contributed by atoms with E-state index in [1.165, 1.54) is 136 Å². The number of carbonyl (C=O) groups excluding carboxylic acids is 9. The first kappa shape index (κ1) is 133. The van der Waals surface area contributed by atoms with Crippen molar-refractivity contribution in [3.8, 4) is 5.75 Å². The molecule has 2 fully saturated rings. The van der Waals surface area contributed by atoms with Gasteiger partial charge in [0.1, 0.15) is 58.2 Å². The molecule has 0 spiro atoms. The predicted molar refractivity (Wildman–Crippen MR) is 547 cm³/mol. The van der Waals surface area contributed by atoms with Crippen molar-refractivity contribution in [2.45, 2.75) is 417 Å². The number of nitrogens with two attached hydrogens (primary N) is 7. The van der Waals surface area contributed by atoms with Gasteiger partial charge in [-0.05, 0) is 308 Å². The molecule has 5 rings (SSSR count). The van der Waals surface area contributed by atoms with E-state index in [2.05, 4.69) is 20.8 Å². The van der Waals surface area contributed by atoms with E-state index in [1.807, 2.05) is 142 Å². The Hall–Kier alpha value is -6.63. The van der Waals surface area contributed by atoms with Gasteiger partial charge in [0.2, 0.25) is 0 Å². The van der Waals surface area contributed by atoms with E-state index in [1.54, 1.807) is 69.2 Å². The van der Waals surface area contributed by atoms with Gasteiger partial charge in [0.25, 0.3) is 0 Å². The van der Waals surface area contributed by atoms with Crippen LogP contribution in [-0.4, -0.2) is 230 Å². The van der Waals surface area contributed by atoms with E-state index >= 15 is 0 Å². The standard InChI is InChI=1S/C19H29NO4.C19H37NO3.C16H25NO3.C15H29NO3.C15H23NO3.C13H27NO3.C11H21NO4/c1-11-8-12(2)15(13(3)9-11)17(22)24-10-14(18(4,5)20)16(21)19(6,7)23;1-12(2)14-9-8-13(3)10-16(14)23-11-15(18(4,5)20)17(21)19(6,7)22;1-15(2,17)13(14(18)16(3,4)19)11-20-10-12-8-6-5-7-9-12;2*1-14(2,16)12(13(17)15(3,4)18)10-19-11-8-6-5-7-9-11;1-11(2,3)17-8-9(12(4,5)14)10(15)13(6,7)16;1-7(13)16-6-8(10(2,3)12)9(14)11(4,5)15/h8-9,14,23H,10,20H2,1-7H3;12-16,22H,8-11,20H2,1-7H3;5-9,13,19H,10-11,17H2,1-4H3;11-12,18H,5-10,16H2,1-4H3;5-9,12,18H,10,16H2,1-4H3;9,16H,8,14H2,1-7H3;8,15H,6,12H2,1-5H3/t14-;13-,14+,15+,16-;13-;2*12-;9-;8-/m0100000/s1. The highest BCUT2D eigenvalue weighted by molar-refractivity contribution is 5.95. The summed E-state index contributed by atoms with van der Waals surface area (Å²) in [5.74, 6) is -4.92. The average Bonchev–Trinajstić information content (AvgIpc) is 0.805. The molecular formula is C108H191N7O23. The third kappa shape index (κ3) is 51.5. The highest BCUT2D eigenvalue weighted by Gasteiger charge is 2.48. The number of ether oxygens (including phenoxy) is 7. The van der Waals surface area contributed by atoms with Crippen LogP contribution in [0.5, 0.6) is 5.75 Å². The summed E-state index contributed by atoms with van der Waals surface area (Å²) in [7, 11) is 0. The molecular weight excluding hydrogens is 1760 g/mol. The first-order valence-corrected chi connectivity index (χ1v) is 48.6. The van der Waals surface area contributed by atoms with Crippen molar-refractivity contribution in [3.05, 3.63) is 101 Å². The van der Waals surface area contributed by atoms with Gasteiger partial charge in [0.05, 0.1) is 104 Å². The number of para-hydroxylation sites is 1. The number of aryl methyl sites for hydroxylation is 3. The van der Waals surface area contributed by atoms with Crippen LogP contribution < -0.4 is 44.9 Å². The SMILES string of the molecule is CC(=O)OC[C@@H](C(=O)C(C)(C)O)C(C)(C)N.CC(C)(C)OC[C@@H](C(=O)C(C)(C)O)C(C)(C)N.CC(C)(O)C(=O)[C@H](COC1CCCCC1)C(C)(C)N.CC(C)(O)C(=O)[C@H](COCc1ccccc1)C(C)(C)N.CC(C)(O)C(=O)[C@H](COc1ccccc1)C(C)(C)N.CC(C)[C@@H]1CC[C@@H](C)C[C@H]1OC[C@@H](C(=O)C(C)(C)O)C(C)(C)N.Cc1cc(C)c(C(=O)OC[C@@H](C(=O)C(C)(C)O)C(C)(C)N)c(C)c1. The topological polar surface area (TPSA) is 542 Å². The fraction of sp³-hybridized carbons (Fsp3) is 0.750.